The molecular formula is C15H19Cl2NO3. The molecule has 116 valence electrons. The molecule has 1 aromatic carbocycles. The highest BCUT2D eigenvalue weighted by molar-refractivity contribution is 6.40. The molecule has 1 amide bonds. The Kier molecular flexibility index (Phi) is 6.99. The van der Waals surface area contributed by atoms with Crippen molar-refractivity contribution in [3.05, 3.63) is 27.7 Å². The summed E-state index contributed by atoms with van der Waals surface area (Å²) in [5.41, 5.74) is 0.254. The van der Waals surface area contributed by atoms with Crippen LogP contribution in [0.1, 0.15) is 49.9 Å². The van der Waals surface area contributed by atoms with E-state index < -0.39 is 5.97 Å². The van der Waals surface area contributed by atoms with E-state index in [1.165, 1.54) is 12.1 Å². The summed E-state index contributed by atoms with van der Waals surface area (Å²) in [7, 11) is 0. The molecule has 0 radical (unpaired) electrons. The lowest BCUT2D eigenvalue weighted by Crippen LogP contribution is -2.22. The fourth-order valence-corrected chi connectivity index (χ4v) is 2.59. The van der Waals surface area contributed by atoms with E-state index in [-0.39, 0.29) is 33.1 Å². The predicted molar refractivity (Wildman–Crippen MR) is 85.4 cm³/mol. The molecule has 1 aromatic rings. The third-order valence-corrected chi connectivity index (χ3v) is 3.90. The van der Waals surface area contributed by atoms with Crippen LogP contribution >= 0.6 is 23.2 Å². The number of anilines is 1. The first-order chi connectivity index (χ1) is 9.90. The lowest BCUT2D eigenvalue weighted by molar-refractivity contribution is -0.120. The van der Waals surface area contributed by atoms with E-state index in [0.717, 1.165) is 25.7 Å². The normalized spacial score (nSPS) is 12.0. The second kappa shape index (κ2) is 8.25. The van der Waals surface area contributed by atoms with Crippen LogP contribution < -0.4 is 5.32 Å². The van der Waals surface area contributed by atoms with Gasteiger partial charge in [-0.05, 0) is 25.0 Å². The van der Waals surface area contributed by atoms with Crippen molar-refractivity contribution in [1.82, 2.24) is 0 Å². The van der Waals surface area contributed by atoms with Crippen LogP contribution in [0.15, 0.2) is 12.1 Å². The van der Waals surface area contributed by atoms with Gasteiger partial charge in [-0.1, -0.05) is 49.9 Å². The minimum Gasteiger partial charge on any atom is -0.478 e. The summed E-state index contributed by atoms with van der Waals surface area (Å²) in [6.07, 6.45) is 3.54. The van der Waals surface area contributed by atoms with Crippen molar-refractivity contribution in [1.29, 1.82) is 0 Å². The Morgan fingerprint density at radius 2 is 1.81 bits per heavy atom. The van der Waals surface area contributed by atoms with Gasteiger partial charge in [-0.25, -0.2) is 4.79 Å². The van der Waals surface area contributed by atoms with E-state index in [1.54, 1.807) is 0 Å². The minimum absolute atomic E-state index is 0.0129. The van der Waals surface area contributed by atoms with Crippen molar-refractivity contribution < 1.29 is 14.7 Å². The van der Waals surface area contributed by atoms with Crippen molar-refractivity contribution in [3.63, 3.8) is 0 Å². The molecule has 0 aliphatic heterocycles. The third kappa shape index (κ3) is 4.90. The van der Waals surface area contributed by atoms with Crippen molar-refractivity contribution in [2.45, 2.75) is 39.5 Å². The molecule has 2 N–H and O–H groups in total. The number of hydrogen-bond donors (Lipinski definition) is 2. The molecule has 1 unspecified atom stereocenters. The topological polar surface area (TPSA) is 66.4 Å². The molecule has 1 rings (SSSR count). The predicted octanol–water partition coefficient (Wildman–Crippen LogP) is 4.85. The Labute approximate surface area is 134 Å². The number of nitrogens with one attached hydrogen (secondary N) is 1. The number of hydrogen-bond acceptors (Lipinski definition) is 2. The molecule has 0 saturated carbocycles. The highest BCUT2D eigenvalue weighted by Gasteiger charge is 2.19. The number of carboxylic acids is 1. The van der Waals surface area contributed by atoms with Crippen LogP contribution in [-0.2, 0) is 4.79 Å². The number of benzene rings is 1. The van der Waals surface area contributed by atoms with Crippen LogP contribution in [0.4, 0.5) is 5.69 Å². The van der Waals surface area contributed by atoms with Gasteiger partial charge in [0.1, 0.15) is 0 Å². The Morgan fingerprint density at radius 1 is 1.24 bits per heavy atom. The quantitative estimate of drug-likeness (QED) is 0.750. The molecule has 21 heavy (non-hydrogen) atoms. The van der Waals surface area contributed by atoms with Gasteiger partial charge in [0.05, 0.1) is 21.3 Å². The molecule has 6 heteroatoms. The summed E-state index contributed by atoms with van der Waals surface area (Å²) in [4.78, 5) is 23.1. The van der Waals surface area contributed by atoms with Gasteiger partial charge in [-0.2, -0.15) is 0 Å². The van der Waals surface area contributed by atoms with E-state index in [1.807, 2.05) is 6.92 Å². The zero-order chi connectivity index (χ0) is 16.0. The number of carbonyl (C=O) groups excluding carboxylic acids is 1. The number of aromatic carboxylic acids is 1. The highest BCUT2D eigenvalue weighted by Crippen LogP contribution is 2.32. The van der Waals surface area contributed by atoms with Crippen LogP contribution in [0.5, 0.6) is 0 Å². The Bertz CT molecular complexity index is 509. The van der Waals surface area contributed by atoms with Gasteiger partial charge in [0.15, 0.2) is 0 Å². The largest absolute Gasteiger partial charge is 0.478 e. The van der Waals surface area contributed by atoms with E-state index in [2.05, 4.69) is 12.2 Å². The number of carbonyl (C=O) groups is 2. The Morgan fingerprint density at radius 3 is 2.24 bits per heavy atom. The van der Waals surface area contributed by atoms with Crippen molar-refractivity contribution >= 4 is 40.8 Å². The monoisotopic (exact) mass is 331 g/mol. The molecule has 0 spiro atoms. The molecular weight excluding hydrogens is 313 g/mol. The summed E-state index contributed by atoms with van der Waals surface area (Å²) in [5, 5.41) is 11.9. The van der Waals surface area contributed by atoms with Gasteiger partial charge < -0.3 is 10.4 Å². The average molecular weight is 332 g/mol. The standard InChI is InChI=1S/C15H19Cl2NO3/c1-3-5-6-9(4-2)14(19)18-13-11(16)7-10(15(20)21)8-12(13)17/h7-9H,3-6H2,1-2H3,(H,18,19)(H,20,21). The average Bonchev–Trinajstić information content (AvgIpc) is 2.43. The van der Waals surface area contributed by atoms with E-state index in [9.17, 15) is 9.59 Å². The number of halogens is 2. The smallest absolute Gasteiger partial charge is 0.335 e. The summed E-state index contributed by atoms with van der Waals surface area (Å²) >= 11 is 12.0. The van der Waals surface area contributed by atoms with Gasteiger partial charge in [-0.3, -0.25) is 4.79 Å². The van der Waals surface area contributed by atoms with Crippen LogP contribution in [0, 0.1) is 5.92 Å². The van der Waals surface area contributed by atoms with Gasteiger partial charge >= 0.3 is 5.97 Å². The summed E-state index contributed by atoms with van der Waals surface area (Å²) in [6, 6.07) is 2.55. The van der Waals surface area contributed by atoms with Crippen LogP contribution in [0.2, 0.25) is 10.0 Å². The maximum absolute atomic E-state index is 12.2. The van der Waals surface area contributed by atoms with E-state index in [0.29, 0.717) is 0 Å². The maximum atomic E-state index is 12.2. The first-order valence-electron chi connectivity index (χ1n) is 6.93. The molecule has 4 nitrogen and oxygen atoms in total. The third-order valence-electron chi connectivity index (χ3n) is 3.31. The second-order valence-corrected chi connectivity index (χ2v) is 5.67. The second-order valence-electron chi connectivity index (χ2n) is 4.86. The van der Waals surface area contributed by atoms with E-state index >= 15 is 0 Å². The van der Waals surface area contributed by atoms with Crippen LogP contribution in [0.3, 0.4) is 0 Å². The number of carboxylic acid groups (broad SMARTS) is 1. The lowest BCUT2D eigenvalue weighted by atomic mass is 9.98. The number of rotatable bonds is 7. The minimum atomic E-state index is -1.12. The fraction of sp³-hybridized carbons (Fsp3) is 0.467. The Hall–Kier alpha value is -1.26. The molecule has 0 saturated heterocycles. The van der Waals surface area contributed by atoms with Crippen molar-refractivity contribution in [2.75, 3.05) is 5.32 Å². The van der Waals surface area contributed by atoms with Gasteiger partial charge in [-0.15, -0.1) is 0 Å². The number of amides is 1. The maximum Gasteiger partial charge on any atom is 0.335 e. The molecule has 0 fully saturated rings. The molecule has 0 aliphatic rings. The molecule has 0 bridgehead atoms. The SMILES string of the molecule is CCCCC(CC)C(=O)Nc1c(Cl)cc(C(=O)O)cc1Cl. The Balaban J connectivity index is 2.92. The zero-order valence-electron chi connectivity index (χ0n) is 12.1. The van der Waals surface area contributed by atoms with Crippen LogP contribution in [0.25, 0.3) is 0 Å². The van der Waals surface area contributed by atoms with Crippen LogP contribution in [-0.4, -0.2) is 17.0 Å². The van der Waals surface area contributed by atoms with Crippen molar-refractivity contribution in [2.24, 2.45) is 5.92 Å². The molecule has 0 aliphatic carbocycles. The first-order valence-corrected chi connectivity index (χ1v) is 7.69. The molecule has 0 heterocycles. The number of unbranched alkanes of at least 4 members (excludes halogenated alkanes) is 1. The first kappa shape index (κ1) is 17.8. The summed E-state index contributed by atoms with van der Waals surface area (Å²) < 4.78 is 0. The summed E-state index contributed by atoms with van der Waals surface area (Å²) in [6.45, 7) is 4.03. The van der Waals surface area contributed by atoms with E-state index in [4.69, 9.17) is 28.3 Å². The lowest BCUT2D eigenvalue weighted by Gasteiger charge is -2.16. The fourth-order valence-electron chi connectivity index (χ4n) is 2.01. The van der Waals surface area contributed by atoms with Gasteiger partial charge in [0.25, 0.3) is 0 Å². The van der Waals surface area contributed by atoms with Gasteiger partial charge in [0.2, 0.25) is 5.91 Å². The van der Waals surface area contributed by atoms with Gasteiger partial charge in [0, 0.05) is 5.92 Å². The zero-order valence-corrected chi connectivity index (χ0v) is 13.6. The molecule has 0 aromatic heterocycles. The van der Waals surface area contributed by atoms with Crippen molar-refractivity contribution in [3.8, 4) is 0 Å². The summed E-state index contributed by atoms with van der Waals surface area (Å²) in [5.74, 6) is -1.36. The molecule has 1 atom stereocenters. The highest BCUT2D eigenvalue weighted by atomic mass is 35.5.